The second-order valence-electron chi connectivity index (χ2n) is 3.89. The van der Waals surface area contributed by atoms with E-state index in [4.69, 9.17) is 15.3 Å². The fourth-order valence-corrected chi connectivity index (χ4v) is 1.29. The molecule has 0 unspecified atom stereocenters. The summed E-state index contributed by atoms with van der Waals surface area (Å²) in [5.74, 6) is -2.30. The van der Waals surface area contributed by atoms with Crippen molar-refractivity contribution in [3.8, 4) is 11.5 Å². The Morgan fingerprint density at radius 1 is 0.810 bits per heavy atom. The van der Waals surface area contributed by atoms with Crippen LogP contribution in [-0.4, -0.2) is 33.4 Å². The van der Waals surface area contributed by atoms with E-state index in [1.165, 1.54) is 36.4 Å². The van der Waals surface area contributed by atoms with E-state index in [0.29, 0.717) is 5.56 Å². The molecule has 21 heavy (non-hydrogen) atoms. The van der Waals surface area contributed by atoms with Gasteiger partial charge in [0.25, 0.3) is 5.78 Å². The molecule has 0 aromatic heterocycles. The average Bonchev–Trinajstić information content (AvgIpc) is 2.49. The number of phenols is 2. The molecule has 108 valence electrons. The largest absolute Gasteiger partial charge is 0.508 e. The van der Waals surface area contributed by atoms with Crippen molar-refractivity contribution in [3.63, 3.8) is 0 Å². The highest BCUT2D eigenvalue weighted by molar-refractivity contribution is 6.39. The van der Waals surface area contributed by atoms with Crippen LogP contribution < -0.4 is 0 Å². The second-order valence-corrected chi connectivity index (χ2v) is 3.89. The molecule has 0 bridgehead atoms. The Morgan fingerprint density at radius 3 is 1.62 bits per heavy atom. The van der Waals surface area contributed by atoms with E-state index in [1.807, 2.05) is 0 Å². The smallest absolute Gasteiger partial charge is 0.377 e. The van der Waals surface area contributed by atoms with E-state index in [-0.39, 0.29) is 17.1 Å². The zero-order valence-electron chi connectivity index (χ0n) is 10.8. The summed E-state index contributed by atoms with van der Waals surface area (Å²) in [5.41, 5.74) is 0.633. The van der Waals surface area contributed by atoms with Crippen molar-refractivity contribution in [3.05, 3.63) is 59.7 Å². The summed E-state index contributed by atoms with van der Waals surface area (Å²) < 4.78 is 0. The maximum Gasteiger partial charge on any atom is 0.377 e. The number of aliphatic carboxylic acids is 1. The van der Waals surface area contributed by atoms with Gasteiger partial charge in [-0.2, -0.15) is 0 Å². The number of carboxylic acid groups (broad SMARTS) is 1. The van der Waals surface area contributed by atoms with Crippen LogP contribution in [0.3, 0.4) is 0 Å². The fourth-order valence-electron chi connectivity index (χ4n) is 1.29. The van der Waals surface area contributed by atoms with E-state index < -0.39 is 11.8 Å². The molecule has 0 saturated heterocycles. The summed E-state index contributed by atoms with van der Waals surface area (Å²) in [7, 11) is 0. The number of aldehydes is 1. The maximum atomic E-state index is 10.8. The van der Waals surface area contributed by atoms with Gasteiger partial charge in [0.05, 0.1) is 0 Å². The summed E-state index contributed by atoms with van der Waals surface area (Å²) in [4.78, 5) is 31.0. The highest BCUT2D eigenvalue weighted by Crippen LogP contribution is 2.10. The zero-order valence-corrected chi connectivity index (χ0v) is 10.8. The number of carbonyl (C=O) groups excluding carboxylic acids is 2. The highest BCUT2D eigenvalue weighted by Gasteiger charge is 2.13. The lowest BCUT2D eigenvalue weighted by Crippen LogP contribution is -2.12. The highest BCUT2D eigenvalue weighted by atomic mass is 16.4. The van der Waals surface area contributed by atoms with Gasteiger partial charge in [0.1, 0.15) is 17.8 Å². The molecular weight excluding hydrogens is 276 g/mol. The molecule has 0 heterocycles. The third kappa shape index (κ3) is 5.15. The van der Waals surface area contributed by atoms with E-state index in [2.05, 4.69) is 0 Å². The van der Waals surface area contributed by atoms with Gasteiger partial charge in [-0.05, 0) is 48.5 Å². The zero-order chi connectivity index (χ0) is 15.8. The first-order valence-corrected chi connectivity index (χ1v) is 5.75. The van der Waals surface area contributed by atoms with Gasteiger partial charge < -0.3 is 15.3 Å². The van der Waals surface area contributed by atoms with Crippen molar-refractivity contribution < 1.29 is 29.7 Å². The first-order valence-electron chi connectivity index (χ1n) is 5.75. The SMILES string of the molecule is O=C(O)C(=O)c1ccc(O)cc1.O=Cc1ccc(O)cc1. The number of benzene rings is 2. The van der Waals surface area contributed by atoms with Crippen LogP contribution in [0.1, 0.15) is 20.7 Å². The minimum absolute atomic E-state index is 0.00283. The van der Waals surface area contributed by atoms with Crippen LogP contribution >= 0.6 is 0 Å². The van der Waals surface area contributed by atoms with Crippen molar-refractivity contribution >= 4 is 18.0 Å². The Kier molecular flexibility index (Phi) is 5.64. The Morgan fingerprint density at radius 2 is 1.24 bits per heavy atom. The van der Waals surface area contributed by atoms with Crippen LogP contribution in [0.2, 0.25) is 0 Å². The molecule has 6 heteroatoms. The van der Waals surface area contributed by atoms with Gasteiger partial charge >= 0.3 is 5.97 Å². The van der Waals surface area contributed by atoms with Gasteiger partial charge in [0.2, 0.25) is 0 Å². The molecular formula is C15H12O6. The molecule has 0 aliphatic heterocycles. The lowest BCUT2D eigenvalue weighted by atomic mass is 10.1. The summed E-state index contributed by atoms with van der Waals surface area (Å²) in [6.07, 6.45) is 0.736. The Hall–Kier alpha value is -3.15. The second kappa shape index (κ2) is 7.44. The molecule has 6 nitrogen and oxygen atoms in total. The van der Waals surface area contributed by atoms with Crippen molar-refractivity contribution in [2.75, 3.05) is 0 Å². The summed E-state index contributed by atoms with van der Waals surface area (Å²) in [6, 6.07) is 11.1. The number of carbonyl (C=O) groups is 3. The first-order chi connectivity index (χ1) is 9.93. The van der Waals surface area contributed by atoms with E-state index >= 15 is 0 Å². The fraction of sp³-hybridized carbons (Fsp3) is 0. The van der Waals surface area contributed by atoms with Gasteiger partial charge in [0, 0.05) is 11.1 Å². The third-order valence-electron chi connectivity index (χ3n) is 2.35. The van der Waals surface area contributed by atoms with Gasteiger partial charge in [0.15, 0.2) is 0 Å². The quantitative estimate of drug-likeness (QED) is 0.451. The normalized spacial score (nSPS) is 9.14. The lowest BCUT2D eigenvalue weighted by molar-refractivity contribution is -0.131. The molecule has 0 aliphatic carbocycles. The van der Waals surface area contributed by atoms with Crippen LogP contribution in [0, 0.1) is 0 Å². The molecule has 2 aromatic rings. The van der Waals surface area contributed by atoms with Crippen LogP contribution in [-0.2, 0) is 4.79 Å². The summed E-state index contributed by atoms with van der Waals surface area (Å²) in [6.45, 7) is 0. The molecule has 2 rings (SSSR count). The Bertz CT molecular complexity index is 628. The number of ketones is 1. The average molecular weight is 288 g/mol. The minimum Gasteiger partial charge on any atom is -0.508 e. The predicted molar refractivity (Wildman–Crippen MR) is 73.6 cm³/mol. The van der Waals surface area contributed by atoms with Crippen molar-refractivity contribution in [2.45, 2.75) is 0 Å². The van der Waals surface area contributed by atoms with E-state index in [0.717, 1.165) is 6.29 Å². The molecule has 0 aliphatic rings. The van der Waals surface area contributed by atoms with Crippen LogP contribution in [0.4, 0.5) is 0 Å². The van der Waals surface area contributed by atoms with Crippen molar-refractivity contribution in [2.24, 2.45) is 0 Å². The topological polar surface area (TPSA) is 112 Å². The van der Waals surface area contributed by atoms with E-state index in [9.17, 15) is 14.4 Å². The first kappa shape index (κ1) is 15.9. The van der Waals surface area contributed by atoms with Crippen molar-refractivity contribution in [1.82, 2.24) is 0 Å². The monoisotopic (exact) mass is 288 g/mol. The van der Waals surface area contributed by atoms with Gasteiger partial charge in [-0.3, -0.25) is 9.59 Å². The molecule has 0 spiro atoms. The summed E-state index contributed by atoms with van der Waals surface area (Å²) >= 11 is 0. The number of carboxylic acids is 1. The maximum absolute atomic E-state index is 10.8. The number of hydrogen-bond donors (Lipinski definition) is 3. The predicted octanol–water partition coefficient (Wildman–Crippen LogP) is 1.86. The number of rotatable bonds is 3. The molecule has 3 N–H and O–H groups in total. The molecule has 0 fully saturated rings. The molecule has 0 radical (unpaired) electrons. The number of aromatic hydroxyl groups is 2. The standard InChI is InChI=1S/C8H6O4.C7H6O2/c9-6-3-1-5(2-4-6)7(10)8(11)12;8-5-6-1-3-7(9)4-2-6/h1-4,9H,(H,11,12);1-5,9H. The number of phenolic OH excluding ortho intramolecular Hbond substituents is 2. The van der Waals surface area contributed by atoms with Gasteiger partial charge in [-0.25, -0.2) is 4.79 Å². The molecule has 0 atom stereocenters. The van der Waals surface area contributed by atoms with Gasteiger partial charge in [-0.15, -0.1) is 0 Å². The molecule has 0 saturated carbocycles. The van der Waals surface area contributed by atoms with Crippen molar-refractivity contribution in [1.29, 1.82) is 0 Å². The van der Waals surface area contributed by atoms with Gasteiger partial charge in [-0.1, -0.05) is 0 Å². The minimum atomic E-state index is -1.50. The Balaban J connectivity index is 0.000000219. The number of Topliss-reactive ketones (excluding diaryl/α,β-unsaturated/α-hetero) is 1. The third-order valence-corrected chi connectivity index (χ3v) is 2.35. The van der Waals surface area contributed by atoms with Crippen LogP contribution in [0.25, 0.3) is 0 Å². The summed E-state index contributed by atoms with van der Waals surface area (Å²) in [5, 5.41) is 25.8. The van der Waals surface area contributed by atoms with Crippen LogP contribution in [0.5, 0.6) is 11.5 Å². The molecule has 2 aromatic carbocycles. The Labute approximate surface area is 119 Å². The lowest BCUT2D eigenvalue weighted by Gasteiger charge is -1.94. The van der Waals surface area contributed by atoms with Crippen LogP contribution in [0.15, 0.2) is 48.5 Å². The molecule has 0 amide bonds. The number of hydrogen-bond acceptors (Lipinski definition) is 5. The van der Waals surface area contributed by atoms with E-state index in [1.54, 1.807) is 12.1 Å².